The van der Waals surface area contributed by atoms with Crippen molar-refractivity contribution in [3.63, 3.8) is 0 Å². The molecule has 0 radical (unpaired) electrons. The molecule has 2 N–H and O–H groups in total. The molecule has 0 bridgehead atoms. The summed E-state index contributed by atoms with van der Waals surface area (Å²) in [6.45, 7) is 1.33. The number of Topliss-reactive ketones (excluding diaryl/α,β-unsaturated/α-hetero) is 1. The summed E-state index contributed by atoms with van der Waals surface area (Å²) >= 11 is 0. The van der Waals surface area contributed by atoms with Crippen LogP contribution in [0.2, 0.25) is 0 Å². The number of ether oxygens (including phenoxy) is 1. The van der Waals surface area contributed by atoms with E-state index < -0.39 is 17.5 Å². The number of ketones is 1. The minimum Gasteiger partial charge on any atom is -0.493 e. The molecule has 0 amide bonds. The summed E-state index contributed by atoms with van der Waals surface area (Å²) in [6, 6.07) is 5.42. The van der Waals surface area contributed by atoms with E-state index in [1.54, 1.807) is 12.1 Å². The van der Waals surface area contributed by atoms with Gasteiger partial charge >= 0.3 is 6.18 Å². The molecule has 20 heavy (non-hydrogen) atoms. The predicted molar refractivity (Wildman–Crippen MR) is 67.6 cm³/mol. The Morgan fingerprint density at radius 1 is 1.40 bits per heavy atom. The molecule has 0 aliphatic carbocycles. The quantitative estimate of drug-likeness (QED) is 0.925. The van der Waals surface area contributed by atoms with Crippen molar-refractivity contribution >= 4 is 5.78 Å². The van der Waals surface area contributed by atoms with E-state index in [4.69, 9.17) is 10.5 Å². The number of carbonyl (C=O) groups is 1. The van der Waals surface area contributed by atoms with Crippen molar-refractivity contribution in [1.29, 1.82) is 0 Å². The lowest BCUT2D eigenvalue weighted by atomic mass is 9.92. The molecule has 1 aliphatic heterocycles. The van der Waals surface area contributed by atoms with Gasteiger partial charge in [-0.2, -0.15) is 13.2 Å². The van der Waals surface area contributed by atoms with Crippen molar-refractivity contribution in [2.24, 2.45) is 5.73 Å². The van der Waals surface area contributed by atoms with Gasteiger partial charge in [-0.15, -0.1) is 0 Å². The van der Waals surface area contributed by atoms with Crippen molar-refractivity contribution in [3.8, 4) is 5.75 Å². The first-order valence-electron chi connectivity index (χ1n) is 6.35. The molecule has 0 aromatic heterocycles. The van der Waals surface area contributed by atoms with E-state index in [-0.39, 0.29) is 12.8 Å². The lowest BCUT2D eigenvalue weighted by molar-refractivity contribution is -0.186. The number of benzene rings is 1. The van der Waals surface area contributed by atoms with Gasteiger partial charge in [0.15, 0.2) is 11.3 Å². The summed E-state index contributed by atoms with van der Waals surface area (Å²) in [7, 11) is 0. The van der Waals surface area contributed by atoms with Crippen LogP contribution in [0.15, 0.2) is 18.2 Å². The number of hydrogen-bond acceptors (Lipinski definition) is 3. The van der Waals surface area contributed by atoms with Crippen LogP contribution in [0.25, 0.3) is 0 Å². The van der Waals surface area contributed by atoms with E-state index in [0.29, 0.717) is 13.5 Å². The number of halogens is 3. The Morgan fingerprint density at radius 2 is 2.10 bits per heavy atom. The molecule has 1 heterocycles. The van der Waals surface area contributed by atoms with Crippen LogP contribution in [-0.2, 0) is 17.6 Å². The highest BCUT2D eigenvalue weighted by atomic mass is 19.4. The zero-order chi connectivity index (χ0) is 15.0. The molecular formula is C14H16F3NO2. The fourth-order valence-corrected chi connectivity index (χ4v) is 2.07. The van der Waals surface area contributed by atoms with Gasteiger partial charge in [0.2, 0.25) is 0 Å². The first kappa shape index (κ1) is 14.8. The second kappa shape index (κ2) is 5.09. The molecular weight excluding hydrogens is 271 g/mol. The maximum Gasteiger partial charge on any atom is 0.413 e. The maximum absolute atomic E-state index is 12.6. The number of alkyl halides is 3. The average Bonchev–Trinajstić information content (AvgIpc) is 2.81. The average molecular weight is 287 g/mol. The van der Waals surface area contributed by atoms with Crippen LogP contribution in [0.5, 0.6) is 5.75 Å². The summed E-state index contributed by atoms with van der Waals surface area (Å²) in [5.41, 5.74) is 4.16. The van der Waals surface area contributed by atoms with Crippen LogP contribution in [-0.4, -0.2) is 24.1 Å². The van der Waals surface area contributed by atoms with Gasteiger partial charge in [0.1, 0.15) is 5.75 Å². The number of rotatable bonds is 4. The van der Waals surface area contributed by atoms with Crippen LogP contribution in [0.3, 0.4) is 0 Å². The van der Waals surface area contributed by atoms with Crippen molar-refractivity contribution in [2.45, 2.75) is 37.9 Å². The Bertz CT molecular complexity index is 524. The van der Waals surface area contributed by atoms with Gasteiger partial charge in [-0.3, -0.25) is 4.79 Å². The molecule has 0 spiro atoms. The van der Waals surface area contributed by atoms with Gasteiger partial charge in [0.05, 0.1) is 6.61 Å². The lowest BCUT2D eigenvalue weighted by Gasteiger charge is -2.25. The van der Waals surface area contributed by atoms with Gasteiger partial charge in [-0.05, 0) is 30.5 Å². The van der Waals surface area contributed by atoms with Gasteiger partial charge in [-0.1, -0.05) is 12.1 Å². The van der Waals surface area contributed by atoms with Crippen LogP contribution >= 0.6 is 0 Å². The van der Waals surface area contributed by atoms with E-state index in [2.05, 4.69) is 0 Å². The maximum atomic E-state index is 12.6. The van der Waals surface area contributed by atoms with Crippen LogP contribution in [0.1, 0.15) is 24.5 Å². The second-order valence-electron chi connectivity index (χ2n) is 5.16. The van der Waals surface area contributed by atoms with Crippen LogP contribution < -0.4 is 10.5 Å². The molecule has 3 nitrogen and oxygen atoms in total. The molecule has 2 rings (SSSR count). The Morgan fingerprint density at radius 3 is 2.75 bits per heavy atom. The summed E-state index contributed by atoms with van der Waals surface area (Å²) in [6.07, 6.45) is -3.93. The second-order valence-corrected chi connectivity index (χ2v) is 5.16. The summed E-state index contributed by atoms with van der Waals surface area (Å²) in [5.74, 6) is -0.194. The van der Waals surface area contributed by atoms with E-state index in [0.717, 1.165) is 23.3 Å². The molecule has 0 saturated heterocycles. The summed E-state index contributed by atoms with van der Waals surface area (Å²) < 4.78 is 43.2. The third-order valence-corrected chi connectivity index (χ3v) is 3.56. The smallest absolute Gasteiger partial charge is 0.413 e. The number of fused-ring (bicyclic) bond motifs is 1. The minimum absolute atomic E-state index is 0.230. The van der Waals surface area contributed by atoms with Gasteiger partial charge in [0.25, 0.3) is 0 Å². The van der Waals surface area contributed by atoms with E-state index >= 15 is 0 Å². The van der Waals surface area contributed by atoms with Gasteiger partial charge < -0.3 is 10.5 Å². The summed E-state index contributed by atoms with van der Waals surface area (Å²) in [4.78, 5) is 11.6. The molecule has 1 unspecified atom stereocenters. The highest BCUT2D eigenvalue weighted by Crippen LogP contribution is 2.30. The highest BCUT2D eigenvalue weighted by molar-refractivity contribution is 5.88. The van der Waals surface area contributed by atoms with Crippen LogP contribution in [0.4, 0.5) is 13.2 Å². The van der Waals surface area contributed by atoms with Crippen molar-refractivity contribution in [3.05, 3.63) is 29.3 Å². The SMILES string of the molecule is CC(N)(C(=O)CCc1ccc2c(c1)CCO2)C(F)(F)F. The largest absolute Gasteiger partial charge is 0.493 e. The molecule has 110 valence electrons. The highest BCUT2D eigenvalue weighted by Gasteiger charge is 2.52. The topological polar surface area (TPSA) is 52.3 Å². The van der Waals surface area contributed by atoms with E-state index in [1.807, 2.05) is 6.07 Å². The Labute approximate surface area is 114 Å². The third-order valence-electron chi connectivity index (χ3n) is 3.56. The van der Waals surface area contributed by atoms with Crippen molar-refractivity contribution < 1.29 is 22.7 Å². The monoisotopic (exact) mass is 287 g/mol. The van der Waals surface area contributed by atoms with Crippen LogP contribution in [0, 0.1) is 0 Å². The summed E-state index contributed by atoms with van der Waals surface area (Å²) in [5, 5.41) is 0. The number of hydrogen-bond donors (Lipinski definition) is 1. The first-order chi connectivity index (χ1) is 9.22. The zero-order valence-electron chi connectivity index (χ0n) is 11.1. The molecule has 1 aromatic carbocycles. The third kappa shape index (κ3) is 2.80. The van der Waals surface area contributed by atoms with E-state index in [1.165, 1.54) is 0 Å². The number of carbonyl (C=O) groups excluding carboxylic acids is 1. The minimum atomic E-state index is -4.73. The molecule has 0 saturated carbocycles. The Hall–Kier alpha value is -1.56. The van der Waals surface area contributed by atoms with Gasteiger partial charge in [-0.25, -0.2) is 0 Å². The Kier molecular flexibility index (Phi) is 3.77. The fraction of sp³-hybridized carbons (Fsp3) is 0.500. The van der Waals surface area contributed by atoms with Crippen molar-refractivity contribution in [1.82, 2.24) is 0 Å². The Balaban J connectivity index is 2.01. The van der Waals surface area contributed by atoms with Crippen molar-refractivity contribution in [2.75, 3.05) is 6.61 Å². The zero-order valence-corrected chi connectivity index (χ0v) is 11.1. The number of nitrogens with two attached hydrogens (primary N) is 1. The standard InChI is InChI=1S/C14H16F3NO2/c1-13(18,14(15,16)17)12(19)5-3-9-2-4-11-10(8-9)6-7-20-11/h2,4,8H,3,5-7,18H2,1H3. The molecule has 6 heteroatoms. The normalized spacial score (nSPS) is 17.2. The molecule has 1 aromatic rings. The predicted octanol–water partition coefficient (Wildman–Crippen LogP) is 2.40. The van der Waals surface area contributed by atoms with Gasteiger partial charge in [0, 0.05) is 12.8 Å². The molecule has 1 atom stereocenters. The first-order valence-corrected chi connectivity index (χ1v) is 6.35. The molecule has 1 aliphatic rings. The number of aryl methyl sites for hydroxylation is 1. The molecule has 0 fully saturated rings. The fourth-order valence-electron chi connectivity index (χ4n) is 2.07. The lowest BCUT2D eigenvalue weighted by Crippen LogP contribution is -2.57. The van der Waals surface area contributed by atoms with E-state index in [9.17, 15) is 18.0 Å².